The van der Waals surface area contributed by atoms with Crippen molar-refractivity contribution < 1.29 is 21.6 Å². The summed E-state index contributed by atoms with van der Waals surface area (Å²) in [6.07, 6.45) is -1.12. The lowest BCUT2D eigenvalue weighted by Crippen LogP contribution is -2.41. The molecule has 0 spiro atoms. The van der Waals surface area contributed by atoms with Gasteiger partial charge < -0.3 is 0 Å². The van der Waals surface area contributed by atoms with Gasteiger partial charge in [-0.25, -0.2) is 13.1 Å². The second-order valence-electron chi connectivity index (χ2n) is 5.63. The van der Waals surface area contributed by atoms with Crippen molar-refractivity contribution in [2.45, 2.75) is 49.7 Å². The van der Waals surface area contributed by atoms with Crippen molar-refractivity contribution in [3.63, 3.8) is 0 Å². The summed E-state index contributed by atoms with van der Waals surface area (Å²) in [4.78, 5) is -0.526. The van der Waals surface area contributed by atoms with E-state index in [0.717, 1.165) is 31.4 Å². The van der Waals surface area contributed by atoms with Crippen LogP contribution in [-0.4, -0.2) is 14.5 Å². The minimum Gasteiger partial charge on any atom is -0.208 e. The van der Waals surface area contributed by atoms with E-state index in [-0.39, 0.29) is 17.0 Å². The van der Waals surface area contributed by atoms with E-state index in [4.69, 9.17) is 11.6 Å². The summed E-state index contributed by atoms with van der Waals surface area (Å²) in [5, 5.41) is -0.219. The third kappa shape index (κ3) is 3.94. The lowest BCUT2D eigenvalue weighted by molar-refractivity contribution is -0.137. The van der Waals surface area contributed by atoms with E-state index in [1.54, 1.807) is 0 Å². The van der Waals surface area contributed by atoms with Crippen molar-refractivity contribution in [3.8, 4) is 0 Å². The molecule has 1 aliphatic carbocycles. The van der Waals surface area contributed by atoms with E-state index < -0.39 is 26.7 Å². The first kappa shape index (κ1) is 17.6. The number of hydrogen-bond acceptors (Lipinski definition) is 2. The fourth-order valence-electron chi connectivity index (χ4n) is 2.64. The third-order valence-electron chi connectivity index (χ3n) is 3.97. The molecule has 0 saturated heterocycles. The van der Waals surface area contributed by atoms with Gasteiger partial charge in [0, 0.05) is 6.04 Å². The second kappa shape index (κ2) is 6.37. The van der Waals surface area contributed by atoms with Crippen molar-refractivity contribution in [2.75, 3.05) is 0 Å². The Kier molecular flexibility index (Phi) is 5.09. The molecule has 8 heteroatoms. The number of sulfonamides is 1. The third-order valence-corrected chi connectivity index (χ3v) is 5.94. The predicted octanol–water partition coefficient (Wildman–Crippen LogP) is 4.22. The Bertz CT molecular complexity index is 646. The van der Waals surface area contributed by atoms with Crippen molar-refractivity contribution >= 4 is 21.6 Å². The Balaban J connectivity index is 2.32. The smallest absolute Gasteiger partial charge is 0.208 e. The summed E-state index contributed by atoms with van der Waals surface area (Å²) in [5.74, 6) is 0.146. The van der Waals surface area contributed by atoms with E-state index in [0.29, 0.717) is 12.5 Å². The van der Waals surface area contributed by atoms with Crippen LogP contribution in [0.3, 0.4) is 0 Å². The number of rotatable bonds is 3. The molecule has 0 amide bonds. The van der Waals surface area contributed by atoms with Crippen molar-refractivity contribution in [3.05, 3.63) is 28.8 Å². The van der Waals surface area contributed by atoms with E-state index in [2.05, 4.69) is 4.72 Å². The van der Waals surface area contributed by atoms with E-state index in [9.17, 15) is 21.6 Å². The van der Waals surface area contributed by atoms with Gasteiger partial charge in [-0.2, -0.15) is 13.2 Å². The van der Waals surface area contributed by atoms with Gasteiger partial charge in [0.1, 0.15) is 4.90 Å². The molecule has 0 aromatic heterocycles. The SMILES string of the molecule is C[C@@H]1CCCC[C@H]1NS(=O)(=O)c1cc(C(F)(F)F)ccc1Cl. The van der Waals surface area contributed by atoms with Crippen LogP contribution < -0.4 is 4.72 Å². The molecule has 1 fully saturated rings. The number of alkyl halides is 3. The average Bonchev–Trinajstić information content (AvgIpc) is 2.40. The Hall–Kier alpha value is -0.790. The fourth-order valence-corrected chi connectivity index (χ4v) is 4.54. The van der Waals surface area contributed by atoms with Crippen LogP contribution in [0, 0.1) is 5.92 Å². The zero-order valence-corrected chi connectivity index (χ0v) is 13.5. The van der Waals surface area contributed by atoms with Gasteiger partial charge in [-0.3, -0.25) is 0 Å². The molecule has 2 atom stereocenters. The Morgan fingerprint density at radius 2 is 1.86 bits per heavy atom. The van der Waals surface area contributed by atoms with Gasteiger partial charge >= 0.3 is 6.18 Å². The molecule has 22 heavy (non-hydrogen) atoms. The largest absolute Gasteiger partial charge is 0.416 e. The van der Waals surface area contributed by atoms with Gasteiger partial charge in [-0.05, 0) is 37.0 Å². The van der Waals surface area contributed by atoms with E-state index in [1.165, 1.54) is 0 Å². The Morgan fingerprint density at radius 1 is 1.23 bits per heavy atom. The predicted molar refractivity (Wildman–Crippen MR) is 78.2 cm³/mol. The number of hydrogen-bond donors (Lipinski definition) is 1. The summed E-state index contributed by atoms with van der Waals surface area (Å²) in [6, 6.07) is 2.04. The highest BCUT2D eigenvalue weighted by Gasteiger charge is 2.34. The summed E-state index contributed by atoms with van der Waals surface area (Å²) < 4.78 is 65.5. The molecule has 3 nitrogen and oxygen atoms in total. The molecular formula is C14H17ClF3NO2S. The second-order valence-corrected chi connectivity index (χ2v) is 7.72. The number of halogens is 4. The lowest BCUT2D eigenvalue weighted by atomic mass is 9.87. The minimum atomic E-state index is -4.62. The lowest BCUT2D eigenvalue weighted by Gasteiger charge is -2.29. The summed E-state index contributed by atoms with van der Waals surface area (Å²) in [5.41, 5.74) is -1.03. The first-order valence-corrected chi connectivity index (χ1v) is 8.86. The first-order valence-electron chi connectivity index (χ1n) is 7.00. The Morgan fingerprint density at radius 3 is 2.45 bits per heavy atom. The molecule has 2 rings (SSSR count). The van der Waals surface area contributed by atoms with Gasteiger partial charge in [0.25, 0.3) is 0 Å². The van der Waals surface area contributed by atoms with E-state index in [1.807, 2.05) is 6.92 Å². The molecule has 1 aromatic rings. The van der Waals surface area contributed by atoms with Crippen LogP contribution in [-0.2, 0) is 16.2 Å². The quantitative estimate of drug-likeness (QED) is 0.882. The zero-order chi connectivity index (χ0) is 16.5. The van der Waals surface area contributed by atoms with Crippen molar-refractivity contribution in [1.29, 1.82) is 0 Å². The van der Waals surface area contributed by atoms with Crippen molar-refractivity contribution in [1.82, 2.24) is 4.72 Å². The summed E-state index contributed by atoms with van der Waals surface area (Å²) in [7, 11) is -4.09. The van der Waals surface area contributed by atoms with Crippen LogP contribution in [0.2, 0.25) is 5.02 Å². The van der Waals surface area contributed by atoms with Gasteiger partial charge in [0.2, 0.25) is 10.0 Å². The molecule has 1 saturated carbocycles. The standard InChI is InChI=1S/C14H17ClF3NO2S/c1-9-4-2-3-5-12(9)19-22(20,21)13-8-10(14(16,17)18)6-7-11(13)15/h6-9,12,19H,2-5H2,1H3/t9-,12-/m1/s1. The molecule has 1 N–H and O–H groups in total. The van der Waals surface area contributed by atoms with Gasteiger partial charge in [0.15, 0.2) is 0 Å². The molecule has 0 heterocycles. The summed E-state index contributed by atoms with van der Waals surface area (Å²) >= 11 is 5.80. The maximum atomic E-state index is 12.8. The molecule has 0 bridgehead atoms. The van der Waals surface area contributed by atoms with Crippen LogP contribution in [0.1, 0.15) is 38.2 Å². The van der Waals surface area contributed by atoms with Crippen LogP contribution in [0.15, 0.2) is 23.1 Å². The highest BCUT2D eigenvalue weighted by atomic mass is 35.5. The monoisotopic (exact) mass is 355 g/mol. The molecule has 1 aliphatic rings. The maximum absolute atomic E-state index is 12.8. The highest BCUT2D eigenvalue weighted by molar-refractivity contribution is 7.89. The van der Waals surface area contributed by atoms with E-state index >= 15 is 0 Å². The first-order chi connectivity index (χ1) is 10.1. The minimum absolute atomic E-state index is 0.146. The van der Waals surface area contributed by atoms with Crippen LogP contribution >= 0.6 is 11.6 Å². The Labute approximate surface area is 132 Å². The van der Waals surface area contributed by atoms with Crippen LogP contribution in [0.25, 0.3) is 0 Å². The molecule has 1 aromatic carbocycles. The molecule has 0 aliphatic heterocycles. The van der Waals surface area contributed by atoms with Crippen LogP contribution in [0.5, 0.6) is 0 Å². The number of nitrogens with one attached hydrogen (secondary N) is 1. The summed E-state index contributed by atoms with van der Waals surface area (Å²) in [6.45, 7) is 1.93. The molecule has 0 unspecified atom stereocenters. The normalized spacial score (nSPS) is 23.5. The average molecular weight is 356 g/mol. The van der Waals surface area contributed by atoms with Crippen LogP contribution in [0.4, 0.5) is 13.2 Å². The fraction of sp³-hybridized carbons (Fsp3) is 0.571. The molecule has 0 radical (unpaired) electrons. The van der Waals surface area contributed by atoms with Crippen molar-refractivity contribution in [2.24, 2.45) is 5.92 Å². The number of benzene rings is 1. The maximum Gasteiger partial charge on any atom is 0.416 e. The molecular weight excluding hydrogens is 339 g/mol. The molecule has 124 valence electrons. The van der Waals surface area contributed by atoms with Gasteiger partial charge in [0.05, 0.1) is 10.6 Å². The topological polar surface area (TPSA) is 46.2 Å². The van der Waals surface area contributed by atoms with Gasteiger partial charge in [-0.15, -0.1) is 0 Å². The van der Waals surface area contributed by atoms with Gasteiger partial charge in [-0.1, -0.05) is 31.4 Å². The highest BCUT2D eigenvalue weighted by Crippen LogP contribution is 2.34. The zero-order valence-electron chi connectivity index (χ0n) is 12.0.